The molecule has 0 spiro atoms. The molecule has 31 heavy (non-hydrogen) atoms. The van der Waals surface area contributed by atoms with Crippen LogP contribution in [0.3, 0.4) is 0 Å². The van der Waals surface area contributed by atoms with Gasteiger partial charge in [0.25, 0.3) is 0 Å². The molecule has 0 radical (unpaired) electrons. The Hall–Kier alpha value is -2.10. The molecule has 168 valence electrons. The van der Waals surface area contributed by atoms with E-state index in [1.165, 1.54) is 11.1 Å². The van der Waals surface area contributed by atoms with Gasteiger partial charge in [-0.05, 0) is 17.2 Å². The van der Waals surface area contributed by atoms with Gasteiger partial charge in [-0.3, -0.25) is 9.89 Å². The molecule has 2 aromatic carbocycles. The number of para-hydroxylation sites is 1. The number of benzene rings is 2. The van der Waals surface area contributed by atoms with Crippen molar-refractivity contribution in [2.75, 3.05) is 40.0 Å². The summed E-state index contributed by atoms with van der Waals surface area (Å²) in [4.78, 5) is 6.77. The van der Waals surface area contributed by atoms with Crippen LogP contribution in [-0.4, -0.2) is 50.8 Å². The van der Waals surface area contributed by atoms with E-state index in [9.17, 15) is 0 Å². The van der Waals surface area contributed by atoms with Gasteiger partial charge in [-0.2, -0.15) is 0 Å². The molecule has 1 aliphatic heterocycles. The van der Waals surface area contributed by atoms with Crippen LogP contribution in [-0.2, 0) is 24.4 Å². The summed E-state index contributed by atoms with van der Waals surface area (Å²) in [6.07, 6.45) is 1.75. The van der Waals surface area contributed by atoms with Gasteiger partial charge < -0.3 is 20.1 Å². The lowest BCUT2D eigenvalue weighted by molar-refractivity contribution is 0.0342. The van der Waals surface area contributed by atoms with Crippen LogP contribution >= 0.6 is 24.0 Å². The zero-order valence-corrected chi connectivity index (χ0v) is 20.5. The summed E-state index contributed by atoms with van der Waals surface area (Å²) in [6.45, 7) is 10.1. The molecule has 0 saturated carbocycles. The lowest BCUT2D eigenvalue weighted by atomic mass is 10.1. The molecular formula is C24H33IN4O2. The van der Waals surface area contributed by atoms with Gasteiger partial charge in [0.15, 0.2) is 5.96 Å². The monoisotopic (exact) mass is 536 g/mol. The molecular weight excluding hydrogens is 503 g/mol. The zero-order chi connectivity index (χ0) is 21.0. The quantitative estimate of drug-likeness (QED) is 0.222. The first kappa shape index (κ1) is 25.2. The highest BCUT2D eigenvalue weighted by atomic mass is 127. The average molecular weight is 536 g/mol. The van der Waals surface area contributed by atoms with Crippen molar-refractivity contribution in [3.63, 3.8) is 0 Å². The van der Waals surface area contributed by atoms with E-state index in [1.807, 2.05) is 24.3 Å². The average Bonchev–Trinajstić information content (AvgIpc) is 2.79. The number of nitrogens with zero attached hydrogens (tertiary/aromatic N) is 2. The van der Waals surface area contributed by atoms with Crippen molar-refractivity contribution in [1.82, 2.24) is 15.5 Å². The first-order valence-electron chi connectivity index (χ1n) is 10.4. The highest BCUT2D eigenvalue weighted by molar-refractivity contribution is 14.0. The number of guanidine groups is 1. The highest BCUT2D eigenvalue weighted by Gasteiger charge is 2.11. The summed E-state index contributed by atoms with van der Waals surface area (Å²) in [5.74, 6) is 1.61. The van der Waals surface area contributed by atoms with Crippen molar-refractivity contribution >= 4 is 29.9 Å². The summed E-state index contributed by atoms with van der Waals surface area (Å²) >= 11 is 0. The Morgan fingerprint density at radius 1 is 1.10 bits per heavy atom. The number of halogens is 1. The molecule has 2 N–H and O–H groups in total. The maximum Gasteiger partial charge on any atom is 0.191 e. The van der Waals surface area contributed by atoms with Crippen molar-refractivity contribution in [2.45, 2.75) is 19.6 Å². The van der Waals surface area contributed by atoms with Gasteiger partial charge in [0.05, 0.1) is 13.2 Å². The standard InChI is InChI=1S/C24H32N4O2.HI/c1-3-13-30-23-10-5-4-9-22(23)18-27-24(25-2)26-17-20-7-6-8-21(16-20)19-28-11-14-29-15-12-28;/h3-10,16H,1,11-15,17-19H2,2H3,(H2,25,26,27);1H. The fourth-order valence-corrected chi connectivity index (χ4v) is 3.38. The fourth-order valence-electron chi connectivity index (χ4n) is 3.38. The highest BCUT2D eigenvalue weighted by Crippen LogP contribution is 2.17. The molecule has 1 saturated heterocycles. The first-order valence-corrected chi connectivity index (χ1v) is 10.4. The minimum Gasteiger partial charge on any atom is -0.489 e. The normalized spacial score (nSPS) is 14.4. The van der Waals surface area contributed by atoms with Crippen molar-refractivity contribution in [3.05, 3.63) is 77.9 Å². The Bertz CT molecular complexity index is 838. The Kier molecular flexibility index (Phi) is 11.4. The number of morpholine rings is 1. The van der Waals surface area contributed by atoms with Gasteiger partial charge >= 0.3 is 0 Å². The second-order valence-corrected chi connectivity index (χ2v) is 7.20. The fraction of sp³-hybridized carbons (Fsp3) is 0.375. The molecule has 7 heteroatoms. The summed E-state index contributed by atoms with van der Waals surface area (Å²) in [5, 5.41) is 6.76. The van der Waals surface area contributed by atoms with Crippen LogP contribution in [0.15, 0.2) is 66.2 Å². The SMILES string of the molecule is C=CCOc1ccccc1CNC(=NC)NCc1cccc(CN2CCOCC2)c1.I. The Morgan fingerprint density at radius 2 is 1.84 bits per heavy atom. The van der Waals surface area contributed by atoms with Gasteiger partial charge in [-0.25, -0.2) is 0 Å². The van der Waals surface area contributed by atoms with Crippen LogP contribution in [0.25, 0.3) is 0 Å². The predicted molar refractivity (Wildman–Crippen MR) is 137 cm³/mol. The molecule has 0 amide bonds. The Balaban J connectivity index is 0.00000341. The predicted octanol–water partition coefficient (Wildman–Crippen LogP) is 3.57. The summed E-state index contributed by atoms with van der Waals surface area (Å²) in [6, 6.07) is 16.7. The molecule has 1 heterocycles. The summed E-state index contributed by atoms with van der Waals surface area (Å²) in [7, 11) is 1.78. The van der Waals surface area contributed by atoms with Crippen molar-refractivity contribution < 1.29 is 9.47 Å². The van der Waals surface area contributed by atoms with Crippen LogP contribution < -0.4 is 15.4 Å². The molecule has 3 rings (SSSR count). The number of ether oxygens (including phenoxy) is 2. The Morgan fingerprint density at radius 3 is 2.61 bits per heavy atom. The third kappa shape index (κ3) is 8.51. The van der Waals surface area contributed by atoms with Crippen molar-refractivity contribution in [3.8, 4) is 5.75 Å². The molecule has 1 aliphatic rings. The van der Waals surface area contributed by atoms with Crippen LogP contribution in [0, 0.1) is 0 Å². The van der Waals surface area contributed by atoms with Gasteiger partial charge in [-0.1, -0.05) is 55.1 Å². The molecule has 0 unspecified atom stereocenters. The van der Waals surface area contributed by atoms with Gasteiger partial charge in [0.1, 0.15) is 12.4 Å². The summed E-state index contributed by atoms with van der Waals surface area (Å²) in [5.41, 5.74) is 3.64. The van der Waals surface area contributed by atoms with E-state index in [4.69, 9.17) is 9.47 Å². The number of aliphatic imine (C=N–C) groups is 1. The van der Waals surface area contributed by atoms with Gasteiger partial charge in [0, 0.05) is 45.3 Å². The minimum atomic E-state index is 0. The van der Waals surface area contributed by atoms with E-state index in [0.29, 0.717) is 19.7 Å². The van der Waals surface area contributed by atoms with Gasteiger partial charge in [0.2, 0.25) is 0 Å². The van der Waals surface area contributed by atoms with Crippen molar-refractivity contribution in [1.29, 1.82) is 0 Å². The van der Waals surface area contributed by atoms with E-state index in [-0.39, 0.29) is 24.0 Å². The maximum atomic E-state index is 5.73. The third-order valence-electron chi connectivity index (χ3n) is 4.96. The van der Waals surface area contributed by atoms with Crippen LogP contribution in [0.1, 0.15) is 16.7 Å². The number of nitrogens with one attached hydrogen (secondary N) is 2. The lowest BCUT2D eigenvalue weighted by Crippen LogP contribution is -2.36. The second kappa shape index (κ2) is 14.1. The van der Waals surface area contributed by atoms with Crippen LogP contribution in [0.5, 0.6) is 5.75 Å². The molecule has 0 aromatic heterocycles. The maximum absolute atomic E-state index is 5.73. The number of rotatable bonds is 9. The van der Waals surface area contributed by atoms with E-state index in [2.05, 4.69) is 51.4 Å². The summed E-state index contributed by atoms with van der Waals surface area (Å²) < 4.78 is 11.2. The van der Waals surface area contributed by atoms with Gasteiger partial charge in [-0.15, -0.1) is 24.0 Å². The Labute approximate surface area is 202 Å². The topological polar surface area (TPSA) is 58.1 Å². The van der Waals surface area contributed by atoms with Crippen LogP contribution in [0.4, 0.5) is 0 Å². The molecule has 1 fully saturated rings. The molecule has 0 atom stereocenters. The number of hydrogen-bond acceptors (Lipinski definition) is 4. The smallest absolute Gasteiger partial charge is 0.191 e. The zero-order valence-electron chi connectivity index (χ0n) is 18.2. The number of hydrogen-bond donors (Lipinski definition) is 2. The first-order chi connectivity index (χ1) is 14.8. The third-order valence-corrected chi connectivity index (χ3v) is 4.96. The van der Waals surface area contributed by atoms with E-state index in [1.54, 1.807) is 13.1 Å². The molecule has 0 aliphatic carbocycles. The van der Waals surface area contributed by atoms with E-state index < -0.39 is 0 Å². The largest absolute Gasteiger partial charge is 0.489 e. The molecule has 2 aromatic rings. The van der Waals surface area contributed by atoms with Crippen molar-refractivity contribution in [2.24, 2.45) is 4.99 Å². The van der Waals surface area contributed by atoms with E-state index >= 15 is 0 Å². The molecule has 6 nitrogen and oxygen atoms in total. The lowest BCUT2D eigenvalue weighted by Gasteiger charge is -2.26. The molecule has 0 bridgehead atoms. The minimum absolute atomic E-state index is 0. The van der Waals surface area contributed by atoms with Crippen LogP contribution in [0.2, 0.25) is 0 Å². The van der Waals surface area contributed by atoms with E-state index in [0.717, 1.165) is 50.1 Å². The second-order valence-electron chi connectivity index (χ2n) is 7.20.